The van der Waals surface area contributed by atoms with Crippen LogP contribution >= 0.6 is 0 Å². The number of nitrogens with zero attached hydrogens (tertiary/aromatic N) is 4. The molecule has 0 radical (unpaired) electrons. The Morgan fingerprint density at radius 1 is 1.13 bits per heavy atom. The van der Waals surface area contributed by atoms with Crippen molar-refractivity contribution in [2.24, 2.45) is 0 Å². The average Bonchev–Trinajstić information content (AvgIpc) is 3.14. The summed E-state index contributed by atoms with van der Waals surface area (Å²) in [5, 5.41) is 0. The SMILES string of the molecule is C=C1CN2CC(=C)CC2(COc2nc3c(c(OC)n2)CCN(C(=O)OC(C)(C)C)C3)C1. The van der Waals surface area contributed by atoms with E-state index in [2.05, 4.69) is 28.0 Å². The first-order valence-corrected chi connectivity index (χ1v) is 10.7. The number of carbonyl (C=O) groups is 1. The largest absolute Gasteiger partial charge is 0.481 e. The number of fused-ring (bicyclic) bond motifs is 2. The van der Waals surface area contributed by atoms with Crippen LogP contribution in [0, 0.1) is 0 Å². The Kier molecular flexibility index (Phi) is 5.45. The van der Waals surface area contributed by atoms with Crippen molar-refractivity contribution < 1.29 is 19.0 Å². The highest BCUT2D eigenvalue weighted by Gasteiger charge is 2.48. The Morgan fingerprint density at radius 3 is 2.42 bits per heavy atom. The first-order valence-electron chi connectivity index (χ1n) is 10.7. The number of aromatic nitrogens is 2. The minimum Gasteiger partial charge on any atom is -0.481 e. The van der Waals surface area contributed by atoms with Crippen molar-refractivity contribution >= 4 is 6.09 Å². The molecule has 0 N–H and O–H groups in total. The van der Waals surface area contributed by atoms with Gasteiger partial charge in [-0.1, -0.05) is 24.3 Å². The molecule has 1 amide bonds. The fraction of sp³-hybridized carbons (Fsp3) is 0.609. The lowest BCUT2D eigenvalue weighted by atomic mass is 9.92. The lowest BCUT2D eigenvalue weighted by molar-refractivity contribution is 0.0218. The molecular formula is C23H32N4O4. The molecule has 0 unspecified atom stereocenters. The molecule has 4 rings (SSSR count). The highest BCUT2D eigenvalue weighted by molar-refractivity contribution is 5.68. The molecule has 2 fully saturated rings. The van der Waals surface area contributed by atoms with Crippen molar-refractivity contribution in [3.63, 3.8) is 0 Å². The van der Waals surface area contributed by atoms with E-state index in [9.17, 15) is 4.79 Å². The van der Waals surface area contributed by atoms with Gasteiger partial charge in [0.1, 0.15) is 12.2 Å². The zero-order valence-electron chi connectivity index (χ0n) is 19.0. The summed E-state index contributed by atoms with van der Waals surface area (Å²) in [6.45, 7) is 17.0. The highest BCUT2D eigenvalue weighted by Crippen LogP contribution is 2.42. The number of rotatable bonds is 4. The average molecular weight is 429 g/mol. The lowest BCUT2D eigenvalue weighted by Crippen LogP contribution is -2.43. The molecule has 1 aromatic rings. The van der Waals surface area contributed by atoms with Crippen molar-refractivity contribution in [1.82, 2.24) is 19.8 Å². The van der Waals surface area contributed by atoms with Gasteiger partial charge >= 0.3 is 12.1 Å². The Bertz CT molecular complexity index is 901. The van der Waals surface area contributed by atoms with Gasteiger partial charge in [-0.05, 0) is 40.0 Å². The third-order valence-electron chi connectivity index (χ3n) is 5.98. The molecule has 0 aromatic carbocycles. The first kappa shape index (κ1) is 21.6. The van der Waals surface area contributed by atoms with Gasteiger partial charge in [-0.3, -0.25) is 4.90 Å². The molecule has 8 heteroatoms. The van der Waals surface area contributed by atoms with E-state index in [0.29, 0.717) is 32.0 Å². The number of hydrogen-bond donors (Lipinski definition) is 0. The van der Waals surface area contributed by atoms with Crippen molar-refractivity contribution in [3.8, 4) is 11.9 Å². The van der Waals surface area contributed by atoms with Crippen molar-refractivity contribution in [2.75, 3.05) is 33.4 Å². The van der Waals surface area contributed by atoms with Gasteiger partial charge in [0.15, 0.2) is 0 Å². The molecule has 31 heavy (non-hydrogen) atoms. The molecule has 0 atom stereocenters. The summed E-state index contributed by atoms with van der Waals surface area (Å²) in [7, 11) is 1.59. The summed E-state index contributed by atoms with van der Waals surface area (Å²) >= 11 is 0. The van der Waals surface area contributed by atoms with Crippen LogP contribution in [0.15, 0.2) is 24.3 Å². The summed E-state index contributed by atoms with van der Waals surface area (Å²) in [4.78, 5) is 25.7. The standard InChI is InChI=1S/C23H32N4O4/c1-15-9-23(10-16(2)12-27(23)11-15)14-30-20-24-18-13-26(21(28)31-22(3,4)5)8-7-17(18)19(25-20)29-6/h1-2,7-14H2,3-6H3. The van der Waals surface area contributed by atoms with Gasteiger partial charge in [-0.25, -0.2) is 4.79 Å². The van der Waals surface area contributed by atoms with Crippen molar-refractivity contribution in [1.29, 1.82) is 0 Å². The normalized spacial score (nSPS) is 20.5. The molecule has 2 saturated heterocycles. The second-order valence-corrected chi connectivity index (χ2v) is 9.82. The molecule has 4 heterocycles. The number of ether oxygens (including phenoxy) is 3. The van der Waals surface area contributed by atoms with E-state index in [-0.39, 0.29) is 17.6 Å². The Labute approximate surface area is 183 Å². The molecule has 8 nitrogen and oxygen atoms in total. The van der Waals surface area contributed by atoms with Crippen LogP contribution in [0.25, 0.3) is 0 Å². The zero-order valence-corrected chi connectivity index (χ0v) is 19.0. The number of carbonyl (C=O) groups excluding carboxylic acids is 1. The quantitative estimate of drug-likeness (QED) is 0.682. The molecule has 1 aromatic heterocycles. The van der Waals surface area contributed by atoms with E-state index >= 15 is 0 Å². The van der Waals surface area contributed by atoms with Crippen molar-refractivity contribution in [3.05, 3.63) is 35.6 Å². The minimum atomic E-state index is -0.545. The van der Waals surface area contributed by atoms with Gasteiger partial charge in [0.25, 0.3) is 0 Å². The third kappa shape index (κ3) is 4.39. The Morgan fingerprint density at radius 2 is 1.81 bits per heavy atom. The summed E-state index contributed by atoms with van der Waals surface area (Å²) < 4.78 is 17.2. The van der Waals surface area contributed by atoms with Gasteiger partial charge < -0.3 is 19.1 Å². The van der Waals surface area contributed by atoms with E-state index < -0.39 is 5.60 Å². The molecule has 0 saturated carbocycles. The van der Waals surface area contributed by atoms with Crippen LogP contribution < -0.4 is 9.47 Å². The number of amides is 1. The molecule has 0 bridgehead atoms. The van der Waals surface area contributed by atoms with Crippen LogP contribution in [0.2, 0.25) is 0 Å². The van der Waals surface area contributed by atoms with Crippen LogP contribution in [0.3, 0.4) is 0 Å². The maximum Gasteiger partial charge on any atom is 0.410 e. The highest BCUT2D eigenvalue weighted by atomic mass is 16.6. The van der Waals surface area contributed by atoms with Crippen molar-refractivity contribution in [2.45, 2.75) is 57.7 Å². The molecule has 3 aliphatic rings. The van der Waals surface area contributed by atoms with Crippen LogP contribution in [0.5, 0.6) is 11.9 Å². The van der Waals surface area contributed by atoms with Crippen LogP contribution in [0.1, 0.15) is 44.9 Å². The van der Waals surface area contributed by atoms with Gasteiger partial charge in [0.05, 0.1) is 24.9 Å². The monoisotopic (exact) mass is 428 g/mol. The smallest absolute Gasteiger partial charge is 0.410 e. The molecule has 3 aliphatic heterocycles. The number of methoxy groups -OCH3 is 1. The first-order chi connectivity index (χ1) is 14.6. The van der Waals surface area contributed by atoms with Crippen LogP contribution in [-0.4, -0.2) is 70.4 Å². The third-order valence-corrected chi connectivity index (χ3v) is 5.98. The van der Waals surface area contributed by atoms with E-state index in [4.69, 9.17) is 14.2 Å². The maximum absolute atomic E-state index is 12.5. The second kappa shape index (κ2) is 7.82. The Balaban J connectivity index is 1.52. The fourth-order valence-corrected chi connectivity index (χ4v) is 4.74. The molecule has 168 valence electrons. The van der Waals surface area contributed by atoms with Gasteiger partial charge in [0, 0.05) is 25.2 Å². The fourth-order valence-electron chi connectivity index (χ4n) is 4.74. The van der Waals surface area contributed by atoms with Gasteiger partial charge in [0.2, 0.25) is 5.88 Å². The van der Waals surface area contributed by atoms with E-state index in [1.165, 1.54) is 11.1 Å². The summed E-state index contributed by atoms with van der Waals surface area (Å²) in [6.07, 6.45) is 2.04. The minimum absolute atomic E-state index is 0.122. The summed E-state index contributed by atoms with van der Waals surface area (Å²) in [5.74, 6) is 0.504. The topological polar surface area (TPSA) is 77.0 Å². The summed E-state index contributed by atoms with van der Waals surface area (Å²) in [6, 6.07) is 0.269. The van der Waals surface area contributed by atoms with Gasteiger partial charge in [-0.2, -0.15) is 9.97 Å². The van der Waals surface area contributed by atoms with Gasteiger partial charge in [-0.15, -0.1) is 0 Å². The molecule has 0 spiro atoms. The van der Waals surface area contributed by atoms with Crippen LogP contribution in [0.4, 0.5) is 4.79 Å². The van der Waals surface area contributed by atoms with E-state index in [1.807, 2.05) is 20.8 Å². The van der Waals surface area contributed by atoms with E-state index in [0.717, 1.165) is 37.2 Å². The zero-order chi connectivity index (χ0) is 22.4. The molecular weight excluding hydrogens is 396 g/mol. The lowest BCUT2D eigenvalue weighted by Gasteiger charge is -2.32. The molecule has 0 aliphatic carbocycles. The Hall–Kier alpha value is -2.61. The summed E-state index contributed by atoms with van der Waals surface area (Å²) in [5.41, 5.74) is 3.42. The predicted octanol–water partition coefficient (Wildman–Crippen LogP) is 3.12. The van der Waals surface area contributed by atoms with Crippen LogP contribution in [-0.2, 0) is 17.7 Å². The number of hydrogen-bond acceptors (Lipinski definition) is 7. The second-order valence-electron chi connectivity index (χ2n) is 9.82. The predicted molar refractivity (Wildman–Crippen MR) is 116 cm³/mol. The maximum atomic E-state index is 12.5. The van der Waals surface area contributed by atoms with E-state index in [1.54, 1.807) is 12.0 Å².